The Balaban J connectivity index is 1.19. The van der Waals surface area contributed by atoms with E-state index in [-0.39, 0.29) is 6.71 Å². The fourth-order valence-corrected chi connectivity index (χ4v) is 14.8. The molecular weight excluding hydrogens is 733 g/mol. The highest BCUT2D eigenvalue weighted by molar-refractivity contribution is 7.20. The Kier molecular flexibility index (Phi) is 7.65. The van der Waals surface area contributed by atoms with Gasteiger partial charge >= 0.3 is 0 Å². The quantitative estimate of drug-likeness (QED) is 0.125. The van der Waals surface area contributed by atoms with E-state index in [0.29, 0.717) is 0 Å². The molecular formula is C54H36BNO2Si. The minimum atomic E-state index is -2.89. The van der Waals surface area contributed by atoms with Crippen molar-refractivity contribution in [2.75, 3.05) is 0 Å². The lowest BCUT2D eigenvalue weighted by Gasteiger charge is -2.35. The molecule has 59 heavy (non-hydrogen) atoms. The van der Waals surface area contributed by atoms with Crippen LogP contribution < -0.4 is 46.6 Å². The lowest BCUT2D eigenvalue weighted by atomic mass is 9.34. The Hall–Kier alpha value is -7.34. The predicted octanol–water partition coefficient (Wildman–Crippen LogP) is 8.56. The first kappa shape index (κ1) is 33.8. The second-order valence-corrected chi connectivity index (χ2v) is 19.3. The molecule has 0 aliphatic carbocycles. The van der Waals surface area contributed by atoms with Crippen LogP contribution in [0.3, 0.4) is 0 Å². The molecule has 0 N–H and O–H groups in total. The fourth-order valence-electron chi connectivity index (χ4n) is 10.0. The Labute approximate surface area is 344 Å². The molecule has 2 aliphatic rings. The van der Waals surface area contributed by atoms with Crippen LogP contribution in [0.5, 0.6) is 23.0 Å². The van der Waals surface area contributed by atoms with E-state index in [2.05, 4.69) is 211 Å². The lowest BCUT2D eigenvalue weighted by molar-refractivity contribution is 0.465. The van der Waals surface area contributed by atoms with Crippen molar-refractivity contribution in [2.45, 2.75) is 0 Å². The number of rotatable bonds is 6. The highest BCUT2D eigenvalue weighted by Gasteiger charge is 2.43. The van der Waals surface area contributed by atoms with Crippen LogP contribution in [-0.2, 0) is 0 Å². The van der Waals surface area contributed by atoms with Crippen molar-refractivity contribution >= 4 is 73.7 Å². The summed E-state index contributed by atoms with van der Waals surface area (Å²) in [7, 11) is -2.89. The number of ether oxygens (including phenoxy) is 2. The summed E-state index contributed by atoms with van der Waals surface area (Å²) in [5.74, 6) is 3.45. The molecule has 2 aliphatic heterocycles. The van der Waals surface area contributed by atoms with Gasteiger partial charge in [-0.2, -0.15) is 0 Å². The van der Waals surface area contributed by atoms with Gasteiger partial charge in [-0.05, 0) is 68.1 Å². The van der Waals surface area contributed by atoms with Gasteiger partial charge < -0.3 is 14.0 Å². The van der Waals surface area contributed by atoms with Crippen molar-refractivity contribution in [1.29, 1.82) is 0 Å². The second kappa shape index (κ2) is 13.4. The molecule has 0 fully saturated rings. The zero-order valence-corrected chi connectivity index (χ0v) is 33.1. The topological polar surface area (TPSA) is 23.4 Å². The number of nitrogens with zero attached hydrogens (tertiary/aromatic N) is 1. The summed E-state index contributed by atoms with van der Waals surface area (Å²) in [4.78, 5) is 0. The molecule has 1 aromatic heterocycles. The summed E-state index contributed by atoms with van der Waals surface area (Å²) in [6.07, 6.45) is 0. The fraction of sp³-hybridized carbons (Fsp3) is 0. The number of benzene rings is 9. The van der Waals surface area contributed by atoms with E-state index in [9.17, 15) is 0 Å². The average Bonchev–Trinajstić information content (AvgIpc) is 3.64. The van der Waals surface area contributed by atoms with E-state index in [1.807, 2.05) is 12.1 Å². The molecule has 0 radical (unpaired) electrons. The standard InChI is InChI=1S/C54H36BNO2Si/c1-4-18-37(19-5-1)59(38-20-6-2-7-21-38,39-22-8-3-9-23-39)40-34-35-43(49(36-40)56-47-29-13-10-24-41(47)42-25-11-14-30-48(42)56)44-26-16-28-46-54(44)58-52-33-17-32-51-53(52)55(46)45-27-12-15-31-50(45)57-51/h1-36H. The third kappa shape index (κ3) is 5.02. The summed E-state index contributed by atoms with van der Waals surface area (Å²) in [6.45, 7) is -0.0277. The monoisotopic (exact) mass is 769 g/mol. The zero-order chi connectivity index (χ0) is 38.9. The van der Waals surface area contributed by atoms with E-state index in [4.69, 9.17) is 9.47 Å². The molecule has 0 unspecified atom stereocenters. The number of hydrogen-bond acceptors (Lipinski definition) is 2. The van der Waals surface area contributed by atoms with Crippen LogP contribution in [0.1, 0.15) is 0 Å². The van der Waals surface area contributed by atoms with Crippen LogP contribution in [0.25, 0.3) is 38.6 Å². The smallest absolute Gasteiger partial charge is 0.260 e. The Morgan fingerprint density at radius 2 is 0.881 bits per heavy atom. The molecule has 0 amide bonds. The molecule has 0 spiro atoms. The molecule has 0 bridgehead atoms. The minimum absolute atomic E-state index is 0.0277. The van der Waals surface area contributed by atoms with Gasteiger partial charge in [0.1, 0.15) is 23.0 Å². The van der Waals surface area contributed by atoms with Crippen LogP contribution in [0.15, 0.2) is 218 Å². The van der Waals surface area contributed by atoms with E-state index < -0.39 is 8.07 Å². The van der Waals surface area contributed by atoms with Gasteiger partial charge in [0, 0.05) is 27.4 Å². The first-order chi connectivity index (χ1) is 29.3. The number of para-hydroxylation sites is 4. The summed E-state index contributed by atoms with van der Waals surface area (Å²) in [5, 5.41) is 7.77. The van der Waals surface area contributed by atoms with E-state index in [0.717, 1.165) is 67.2 Å². The molecule has 0 atom stereocenters. The molecule has 0 saturated heterocycles. The highest BCUT2D eigenvalue weighted by atomic mass is 28.3. The SMILES string of the molecule is c1ccc([Si](c2ccccc2)(c2ccccc2)c2ccc(-c3cccc4c3Oc3cccc5c3B4c3ccccc3O5)c(-n3c4ccccc4c4ccccc43)c2)cc1. The van der Waals surface area contributed by atoms with Crippen molar-refractivity contribution in [3.63, 3.8) is 0 Å². The van der Waals surface area contributed by atoms with Crippen molar-refractivity contribution < 1.29 is 9.47 Å². The van der Waals surface area contributed by atoms with E-state index in [1.165, 1.54) is 31.5 Å². The van der Waals surface area contributed by atoms with Gasteiger partial charge in [0.2, 0.25) is 0 Å². The van der Waals surface area contributed by atoms with Crippen LogP contribution in [0, 0.1) is 0 Å². The molecule has 3 heterocycles. The van der Waals surface area contributed by atoms with Gasteiger partial charge in [-0.15, -0.1) is 0 Å². The molecule has 0 saturated carbocycles. The maximum Gasteiger partial charge on any atom is 0.260 e. The zero-order valence-electron chi connectivity index (χ0n) is 32.1. The molecule has 276 valence electrons. The molecule has 5 heteroatoms. The van der Waals surface area contributed by atoms with Gasteiger partial charge in [-0.3, -0.25) is 0 Å². The number of aromatic nitrogens is 1. The third-order valence-electron chi connectivity index (χ3n) is 12.5. The Morgan fingerprint density at radius 3 is 1.53 bits per heavy atom. The second-order valence-electron chi connectivity index (χ2n) is 15.5. The predicted molar refractivity (Wildman–Crippen MR) is 248 cm³/mol. The highest BCUT2D eigenvalue weighted by Crippen LogP contribution is 2.42. The molecule has 3 nitrogen and oxygen atoms in total. The largest absolute Gasteiger partial charge is 0.458 e. The van der Waals surface area contributed by atoms with E-state index in [1.54, 1.807) is 0 Å². The van der Waals surface area contributed by atoms with Crippen molar-refractivity contribution in [3.8, 4) is 39.8 Å². The van der Waals surface area contributed by atoms with Gasteiger partial charge in [0.05, 0.1) is 16.7 Å². The van der Waals surface area contributed by atoms with Gasteiger partial charge in [-0.25, -0.2) is 0 Å². The molecule has 12 rings (SSSR count). The first-order valence-corrected chi connectivity index (χ1v) is 22.3. The number of hydrogen-bond donors (Lipinski definition) is 0. The average molecular weight is 770 g/mol. The van der Waals surface area contributed by atoms with Crippen molar-refractivity contribution in [3.05, 3.63) is 218 Å². The van der Waals surface area contributed by atoms with Gasteiger partial charge in [0.15, 0.2) is 8.07 Å². The normalized spacial score (nSPS) is 12.6. The summed E-state index contributed by atoms with van der Waals surface area (Å²) in [5.41, 5.74) is 8.97. The maximum absolute atomic E-state index is 7.10. The Morgan fingerprint density at radius 1 is 0.373 bits per heavy atom. The van der Waals surface area contributed by atoms with Gasteiger partial charge in [0.25, 0.3) is 6.71 Å². The first-order valence-electron chi connectivity index (χ1n) is 20.3. The summed E-state index contributed by atoms with van der Waals surface area (Å²) in [6, 6.07) is 79.7. The third-order valence-corrected chi connectivity index (χ3v) is 17.3. The van der Waals surface area contributed by atoms with Crippen LogP contribution >= 0.6 is 0 Å². The van der Waals surface area contributed by atoms with E-state index >= 15 is 0 Å². The lowest BCUT2D eigenvalue weighted by Crippen LogP contribution is -2.74. The number of fused-ring (bicyclic) bond motifs is 7. The summed E-state index contributed by atoms with van der Waals surface area (Å²) < 4.78 is 16.1. The van der Waals surface area contributed by atoms with Gasteiger partial charge in [-0.1, -0.05) is 182 Å². The van der Waals surface area contributed by atoms with Crippen molar-refractivity contribution in [2.24, 2.45) is 0 Å². The van der Waals surface area contributed by atoms with Crippen molar-refractivity contribution in [1.82, 2.24) is 4.57 Å². The molecule has 10 aromatic rings. The Bertz CT molecular complexity index is 3090. The summed E-state index contributed by atoms with van der Waals surface area (Å²) >= 11 is 0. The molecule has 9 aromatic carbocycles. The van der Waals surface area contributed by atoms with Crippen LogP contribution in [0.4, 0.5) is 0 Å². The van der Waals surface area contributed by atoms with Crippen LogP contribution in [-0.4, -0.2) is 19.4 Å². The maximum atomic E-state index is 7.10. The van der Waals surface area contributed by atoms with Crippen LogP contribution in [0.2, 0.25) is 0 Å². The minimum Gasteiger partial charge on any atom is -0.458 e.